The van der Waals surface area contributed by atoms with Crippen molar-refractivity contribution in [1.82, 2.24) is 9.55 Å². The third-order valence-corrected chi connectivity index (χ3v) is 4.96. The minimum absolute atomic E-state index is 0.858. The van der Waals surface area contributed by atoms with E-state index >= 15 is 0 Å². The fourth-order valence-electron chi connectivity index (χ4n) is 3.68. The fraction of sp³-hybridized carbons (Fsp3) is 0.0417. The van der Waals surface area contributed by atoms with E-state index in [0.29, 0.717) is 0 Å². The molecule has 0 aliphatic rings. The number of ether oxygens (including phenoxy) is 1. The van der Waals surface area contributed by atoms with Gasteiger partial charge in [0.15, 0.2) is 0 Å². The number of rotatable bonds is 3. The Morgan fingerprint density at radius 2 is 1.52 bits per heavy atom. The molecule has 0 saturated heterocycles. The number of hydrogen-bond acceptors (Lipinski definition) is 2. The second-order valence-electron chi connectivity index (χ2n) is 6.50. The van der Waals surface area contributed by atoms with E-state index in [1.807, 2.05) is 36.5 Å². The molecule has 0 saturated carbocycles. The highest BCUT2D eigenvalue weighted by molar-refractivity contribution is 6.10. The molecule has 0 spiro atoms. The quantitative estimate of drug-likeness (QED) is 0.408. The van der Waals surface area contributed by atoms with Gasteiger partial charge in [-0.3, -0.25) is 4.98 Å². The van der Waals surface area contributed by atoms with Crippen LogP contribution in [0.5, 0.6) is 5.75 Å². The molecule has 0 aliphatic carbocycles. The predicted molar refractivity (Wildman–Crippen MR) is 111 cm³/mol. The zero-order valence-corrected chi connectivity index (χ0v) is 15.0. The number of hydrogen-bond donors (Lipinski definition) is 0. The first-order chi connectivity index (χ1) is 13.3. The maximum Gasteiger partial charge on any atom is 0.119 e. The van der Waals surface area contributed by atoms with Crippen LogP contribution in [0.15, 0.2) is 91.1 Å². The van der Waals surface area contributed by atoms with E-state index in [0.717, 1.165) is 22.7 Å². The molecule has 130 valence electrons. The molecule has 0 unspecified atom stereocenters. The van der Waals surface area contributed by atoms with Crippen molar-refractivity contribution in [2.75, 3.05) is 7.11 Å². The van der Waals surface area contributed by atoms with Crippen LogP contribution in [0.3, 0.4) is 0 Å². The molecule has 0 radical (unpaired) electrons. The van der Waals surface area contributed by atoms with Crippen LogP contribution in [0.2, 0.25) is 0 Å². The maximum atomic E-state index is 5.31. The summed E-state index contributed by atoms with van der Waals surface area (Å²) in [6, 6.07) is 29.3. The van der Waals surface area contributed by atoms with Crippen molar-refractivity contribution in [2.24, 2.45) is 0 Å². The number of methoxy groups -OCH3 is 1. The highest BCUT2D eigenvalue weighted by Gasteiger charge is 2.13. The standard InChI is InChI=1S/C24H18N2O/c1-27-19-12-10-18(11-13-19)26-23-8-3-2-6-20(23)21-16-17(9-14-24(21)26)22-7-4-5-15-25-22/h2-16H,1H3. The summed E-state index contributed by atoms with van der Waals surface area (Å²) in [6.45, 7) is 0. The lowest BCUT2D eigenvalue weighted by molar-refractivity contribution is 0.415. The third kappa shape index (κ3) is 2.56. The van der Waals surface area contributed by atoms with Crippen LogP contribution in [0.1, 0.15) is 0 Å². The highest BCUT2D eigenvalue weighted by atomic mass is 16.5. The Morgan fingerprint density at radius 1 is 0.741 bits per heavy atom. The molecule has 3 nitrogen and oxygen atoms in total. The van der Waals surface area contributed by atoms with Gasteiger partial charge in [0.1, 0.15) is 5.75 Å². The number of aromatic nitrogens is 2. The molecule has 27 heavy (non-hydrogen) atoms. The Morgan fingerprint density at radius 3 is 2.30 bits per heavy atom. The molecule has 3 heteroatoms. The highest BCUT2D eigenvalue weighted by Crippen LogP contribution is 2.34. The average Bonchev–Trinajstić information content (AvgIpc) is 3.08. The van der Waals surface area contributed by atoms with E-state index in [1.54, 1.807) is 7.11 Å². The van der Waals surface area contributed by atoms with Gasteiger partial charge in [-0.1, -0.05) is 30.3 Å². The average molecular weight is 350 g/mol. The van der Waals surface area contributed by atoms with Crippen LogP contribution in [0, 0.1) is 0 Å². The first-order valence-corrected chi connectivity index (χ1v) is 8.94. The van der Waals surface area contributed by atoms with E-state index in [1.165, 1.54) is 21.8 Å². The van der Waals surface area contributed by atoms with Gasteiger partial charge in [0, 0.05) is 28.2 Å². The molecule has 5 rings (SSSR count). The van der Waals surface area contributed by atoms with E-state index < -0.39 is 0 Å². The van der Waals surface area contributed by atoms with Crippen molar-refractivity contribution in [3.63, 3.8) is 0 Å². The Labute approximate surface area is 157 Å². The van der Waals surface area contributed by atoms with Gasteiger partial charge in [-0.05, 0) is 54.6 Å². The summed E-state index contributed by atoms with van der Waals surface area (Å²) in [5.41, 5.74) is 5.60. The summed E-state index contributed by atoms with van der Waals surface area (Å²) in [5, 5.41) is 2.46. The van der Waals surface area contributed by atoms with Crippen molar-refractivity contribution in [3.8, 4) is 22.7 Å². The second kappa shape index (κ2) is 6.29. The van der Waals surface area contributed by atoms with E-state index in [2.05, 4.69) is 64.1 Å². The summed E-state index contributed by atoms with van der Waals surface area (Å²) in [4.78, 5) is 4.50. The molecule has 5 aromatic rings. The minimum Gasteiger partial charge on any atom is -0.497 e. The fourth-order valence-corrected chi connectivity index (χ4v) is 3.68. The molecule has 0 atom stereocenters. The van der Waals surface area contributed by atoms with E-state index in [9.17, 15) is 0 Å². The van der Waals surface area contributed by atoms with Gasteiger partial charge in [-0.25, -0.2) is 0 Å². The zero-order valence-electron chi connectivity index (χ0n) is 15.0. The Bertz CT molecular complexity index is 1240. The summed E-state index contributed by atoms with van der Waals surface area (Å²) in [7, 11) is 1.69. The van der Waals surface area contributed by atoms with Gasteiger partial charge in [0.25, 0.3) is 0 Å². The Kier molecular flexibility index (Phi) is 3.65. The van der Waals surface area contributed by atoms with Crippen molar-refractivity contribution < 1.29 is 4.74 Å². The molecule has 0 bridgehead atoms. The number of benzene rings is 3. The van der Waals surface area contributed by atoms with Crippen LogP contribution in [0.25, 0.3) is 38.8 Å². The molecular formula is C24H18N2O. The van der Waals surface area contributed by atoms with Crippen LogP contribution in [-0.4, -0.2) is 16.7 Å². The van der Waals surface area contributed by atoms with Gasteiger partial charge in [0.05, 0.1) is 23.8 Å². The Balaban J connectivity index is 1.79. The van der Waals surface area contributed by atoms with Gasteiger partial charge < -0.3 is 9.30 Å². The molecule has 3 aromatic carbocycles. The van der Waals surface area contributed by atoms with Crippen molar-refractivity contribution in [3.05, 3.63) is 91.1 Å². The summed E-state index contributed by atoms with van der Waals surface area (Å²) < 4.78 is 7.61. The monoisotopic (exact) mass is 350 g/mol. The van der Waals surface area contributed by atoms with Crippen LogP contribution >= 0.6 is 0 Å². The SMILES string of the molecule is COc1ccc(-n2c3ccccc3c3cc(-c4ccccn4)ccc32)cc1. The van der Waals surface area contributed by atoms with Gasteiger partial charge in [-0.2, -0.15) is 0 Å². The minimum atomic E-state index is 0.858. The molecular weight excluding hydrogens is 332 g/mol. The van der Waals surface area contributed by atoms with Crippen LogP contribution in [0.4, 0.5) is 0 Å². The summed E-state index contributed by atoms with van der Waals surface area (Å²) in [5.74, 6) is 0.858. The lowest BCUT2D eigenvalue weighted by Crippen LogP contribution is -1.94. The number of nitrogens with zero attached hydrogens (tertiary/aromatic N) is 2. The molecule has 0 fully saturated rings. The first kappa shape index (κ1) is 15.6. The van der Waals surface area contributed by atoms with Crippen molar-refractivity contribution >= 4 is 21.8 Å². The van der Waals surface area contributed by atoms with Crippen LogP contribution < -0.4 is 4.74 Å². The largest absolute Gasteiger partial charge is 0.497 e. The van der Waals surface area contributed by atoms with Crippen molar-refractivity contribution in [1.29, 1.82) is 0 Å². The van der Waals surface area contributed by atoms with Gasteiger partial charge >= 0.3 is 0 Å². The number of para-hydroxylation sites is 1. The topological polar surface area (TPSA) is 27.1 Å². The third-order valence-electron chi connectivity index (χ3n) is 4.96. The summed E-state index contributed by atoms with van der Waals surface area (Å²) >= 11 is 0. The molecule has 0 N–H and O–H groups in total. The predicted octanol–water partition coefficient (Wildman–Crippen LogP) is 5.85. The smallest absolute Gasteiger partial charge is 0.119 e. The zero-order chi connectivity index (χ0) is 18.2. The lowest BCUT2D eigenvalue weighted by Gasteiger charge is -2.09. The van der Waals surface area contributed by atoms with E-state index in [-0.39, 0.29) is 0 Å². The lowest BCUT2D eigenvalue weighted by atomic mass is 10.1. The first-order valence-electron chi connectivity index (χ1n) is 8.94. The molecule has 0 amide bonds. The molecule has 0 aliphatic heterocycles. The van der Waals surface area contributed by atoms with Crippen molar-refractivity contribution in [2.45, 2.75) is 0 Å². The maximum absolute atomic E-state index is 5.31. The number of pyridine rings is 1. The normalized spacial score (nSPS) is 11.1. The van der Waals surface area contributed by atoms with E-state index in [4.69, 9.17) is 4.74 Å². The second-order valence-corrected chi connectivity index (χ2v) is 6.50. The van der Waals surface area contributed by atoms with Gasteiger partial charge in [-0.15, -0.1) is 0 Å². The van der Waals surface area contributed by atoms with Crippen LogP contribution in [-0.2, 0) is 0 Å². The Hall–Kier alpha value is -3.59. The summed E-state index contributed by atoms with van der Waals surface area (Å²) in [6.07, 6.45) is 1.83. The van der Waals surface area contributed by atoms with Gasteiger partial charge in [0.2, 0.25) is 0 Å². The number of fused-ring (bicyclic) bond motifs is 3. The molecule has 2 aromatic heterocycles. The molecule has 2 heterocycles.